The van der Waals surface area contributed by atoms with Gasteiger partial charge in [0.05, 0.1) is 24.2 Å². The Labute approximate surface area is 194 Å². The molecule has 1 aliphatic carbocycles. The molecule has 5 atom stereocenters. The van der Waals surface area contributed by atoms with Crippen LogP contribution in [0, 0.1) is 11.8 Å². The van der Waals surface area contributed by atoms with E-state index in [1.165, 1.54) is 5.56 Å². The first kappa shape index (κ1) is 22.0. The zero-order valence-corrected chi connectivity index (χ0v) is 18.7. The minimum Gasteiger partial charge on any atom is -0.472 e. The van der Waals surface area contributed by atoms with Crippen LogP contribution < -0.4 is 4.74 Å². The molecule has 0 radical (unpaired) electrons. The van der Waals surface area contributed by atoms with Crippen LogP contribution in [0.4, 0.5) is 0 Å². The highest BCUT2D eigenvalue weighted by Gasteiger charge is 2.47. The lowest BCUT2D eigenvalue weighted by atomic mass is 9.90. The van der Waals surface area contributed by atoms with Gasteiger partial charge in [0.15, 0.2) is 0 Å². The monoisotopic (exact) mass is 445 g/mol. The number of aromatic nitrogens is 2. The number of hydrogen-bond acceptors (Lipinski definition) is 6. The molecule has 1 saturated heterocycles. The lowest BCUT2D eigenvalue weighted by molar-refractivity contribution is 0.0853. The number of aliphatic hydroxyl groups excluding tert-OH is 2. The van der Waals surface area contributed by atoms with E-state index in [0.29, 0.717) is 42.6 Å². The Morgan fingerprint density at radius 3 is 2.36 bits per heavy atom. The molecule has 2 fully saturated rings. The van der Waals surface area contributed by atoms with E-state index in [0.717, 1.165) is 31.4 Å². The van der Waals surface area contributed by atoms with Crippen LogP contribution >= 0.6 is 0 Å². The summed E-state index contributed by atoms with van der Waals surface area (Å²) in [5.74, 6) is 1.40. The predicted molar refractivity (Wildman–Crippen MR) is 125 cm³/mol. The highest BCUT2D eigenvalue weighted by molar-refractivity contribution is 5.18. The Kier molecular flexibility index (Phi) is 6.67. The van der Waals surface area contributed by atoms with Crippen molar-refractivity contribution in [3.8, 4) is 5.88 Å². The molecule has 1 saturated carbocycles. The normalized spacial score (nSPS) is 25.6. The quantitative estimate of drug-likeness (QED) is 0.553. The molecule has 2 heterocycles. The molecule has 2 aromatic carbocycles. The SMILES string of the molecule is OC1CC2CN(CC(O)c3cnc(OCc4ccccc4)cn3)C(Cc3ccccc3)C2C1. The summed E-state index contributed by atoms with van der Waals surface area (Å²) >= 11 is 0. The maximum Gasteiger partial charge on any atom is 0.232 e. The molecular weight excluding hydrogens is 414 g/mol. The molecule has 172 valence electrons. The van der Waals surface area contributed by atoms with E-state index >= 15 is 0 Å². The Hall–Kier alpha value is -2.80. The van der Waals surface area contributed by atoms with E-state index in [9.17, 15) is 10.2 Å². The van der Waals surface area contributed by atoms with Crippen LogP contribution in [0.3, 0.4) is 0 Å². The molecular formula is C27H31N3O3. The van der Waals surface area contributed by atoms with Gasteiger partial charge < -0.3 is 14.9 Å². The lowest BCUT2D eigenvalue weighted by Crippen LogP contribution is -2.38. The fourth-order valence-corrected chi connectivity index (χ4v) is 5.48. The van der Waals surface area contributed by atoms with Crippen LogP contribution in [0.5, 0.6) is 5.88 Å². The van der Waals surface area contributed by atoms with E-state index in [2.05, 4.69) is 39.1 Å². The van der Waals surface area contributed by atoms with Gasteiger partial charge in [0.25, 0.3) is 0 Å². The van der Waals surface area contributed by atoms with Crippen LogP contribution in [0.15, 0.2) is 73.1 Å². The number of nitrogens with zero attached hydrogens (tertiary/aromatic N) is 3. The Bertz CT molecular complexity index is 1020. The zero-order valence-electron chi connectivity index (χ0n) is 18.7. The number of aliphatic hydroxyl groups is 2. The summed E-state index contributed by atoms with van der Waals surface area (Å²) in [5.41, 5.74) is 2.92. The maximum atomic E-state index is 10.9. The van der Waals surface area contributed by atoms with E-state index in [-0.39, 0.29) is 6.10 Å². The van der Waals surface area contributed by atoms with Crippen molar-refractivity contribution >= 4 is 0 Å². The summed E-state index contributed by atoms with van der Waals surface area (Å²) in [6, 6.07) is 20.7. The van der Waals surface area contributed by atoms with Crippen molar-refractivity contribution in [2.45, 2.75) is 44.1 Å². The van der Waals surface area contributed by atoms with Crippen molar-refractivity contribution in [3.63, 3.8) is 0 Å². The van der Waals surface area contributed by atoms with Gasteiger partial charge in [-0.05, 0) is 42.2 Å². The molecule has 0 amide bonds. The van der Waals surface area contributed by atoms with Crippen LogP contribution in [-0.4, -0.2) is 50.3 Å². The molecule has 2 N–H and O–H groups in total. The molecule has 5 rings (SSSR count). The molecule has 5 unspecified atom stereocenters. The molecule has 0 spiro atoms. The number of hydrogen-bond donors (Lipinski definition) is 2. The molecule has 2 aliphatic rings. The van der Waals surface area contributed by atoms with Gasteiger partial charge in [-0.2, -0.15) is 0 Å². The summed E-state index contributed by atoms with van der Waals surface area (Å²) in [7, 11) is 0. The van der Waals surface area contributed by atoms with Crippen molar-refractivity contribution in [1.29, 1.82) is 0 Å². The van der Waals surface area contributed by atoms with Crippen molar-refractivity contribution < 1.29 is 14.9 Å². The maximum absolute atomic E-state index is 10.9. The van der Waals surface area contributed by atoms with Crippen molar-refractivity contribution in [2.24, 2.45) is 11.8 Å². The lowest BCUT2D eigenvalue weighted by Gasteiger charge is -2.30. The van der Waals surface area contributed by atoms with Crippen LogP contribution in [0.25, 0.3) is 0 Å². The second-order valence-electron chi connectivity index (χ2n) is 9.33. The minimum absolute atomic E-state index is 0.195. The molecule has 6 nitrogen and oxygen atoms in total. The summed E-state index contributed by atoms with van der Waals surface area (Å²) in [6.45, 7) is 1.85. The molecule has 1 aliphatic heterocycles. The largest absolute Gasteiger partial charge is 0.472 e. The van der Waals surface area contributed by atoms with Crippen molar-refractivity contribution in [2.75, 3.05) is 13.1 Å². The number of ether oxygens (including phenoxy) is 1. The van der Waals surface area contributed by atoms with Crippen LogP contribution in [-0.2, 0) is 13.0 Å². The van der Waals surface area contributed by atoms with E-state index in [1.54, 1.807) is 12.4 Å². The topological polar surface area (TPSA) is 78.7 Å². The van der Waals surface area contributed by atoms with Gasteiger partial charge in [-0.15, -0.1) is 0 Å². The Morgan fingerprint density at radius 2 is 1.67 bits per heavy atom. The number of likely N-dealkylation sites (tertiary alicyclic amines) is 1. The highest BCUT2D eigenvalue weighted by atomic mass is 16.5. The van der Waals surface area contributed by atoms with Gasteiger partial charge in [0.2, 0.25) is 5.88 Å². The summed E-state index contributed by atoms with van der Waals surface area (Å²) in [4.78, 5) is 11.2. The predicted octanol–water partition coefficient (Wildman–Crippen LogP) is 3.40. The van der Waals surface area contributed by atoms with Crippen molar-refractivity contribution in [3.05, 3.63) is 89.9 Å². The van der Waals surface area contributed by atoms with Gasteiger partial charge in [-0.1, -0.05) is 60.7 Å². The number of rotatable bonds is 8. The van der Waals surface area contributed by atoms with E-state index < -0.39 is 6.10 Å². The fraction of sp³-hybridized carbons (Fsp3) is 0.407. The summed E-state index contributed by atoms with van der Waals surface area (Å²) in [6.07, 6.45) is 4.91. The first-order valence-corrected chi connectivity index (χ1v) is 11.8. The van der Waals surface area contributed by atoms with Crippen LogP contribution in [0.2, 0.25) is 0 Å². The number of fused-ring (bicyclic) bond motifs is 1. The third kappa shape index (κ3) is 5.24. The molecule has 3 aromatic rings. The smallest absolute Gasteiger partial charge is 0.232 e. The van der Waals surface area contributed by atoms with Gasteiger partial charge >= 0.3 is 0 Å². The Balaban J connectivity index is 1.22. The van der Waals surface area contributed by atoms with E-state index in [4.69, 9.17) is 4.74 Å². The third-order valence-corrected chi connectivity index (χ3v) is 7.07. The van der Waals surface area contributed by atoms with Gasteiger partial charge in [0.1, 0.15) is 12.7 Å². The van der Waals surface area contributed by atoms with Gasteiger partial charge in [-0.3, -0.25) is 9.88 Å². The Morgan fingerprint density at radius 1 is 0.939 bits per heavy atom. The first-order valence-electron chi connectivity index (χ1n) is 11.8. The average Bonchev–Trinajstić information content (AvgIpc) is 3.35. The first-order chi connectivity index (χ1) is 16.2. The summed E-state index contributed by atoms with van der Waals surface area (Å²) < 4.78 is 5.71. The number of β-amino-alcohol motifs (C(OH)–C–C–N with tert-alkyl or cyclic N) is 1. The second-order valence-corrected chi connectivity index (χ2v) is 9.33. The zero-order chi connectivity index (χ0) is 22.6. The second kappa shape index (κ2) is 10.00. The standard InChI is InChI=1S/C27H31N3O3/c31-22-12-21-16-30(25(23(21)13-22)11-19-7-3-1-4-8-19)17-26(32)24-14-29-27(15-28-24)33-18-20-9-5-2-6-10-20/h1-10,14-15,21-23,25-26,31-32H,11-13,16-18H2. The summed E-state index contributed by atoms with van der Waals surface area (Å²) in [5, 5.41) is 21.2. The van der Waals surface area contributed by atoms with Gasteiger partial charge in [0, 0.05) is 19.1 Å². The molecule has 1 aromatic heterocycles. The van der Waals surface area contributed by atoms with Crippen LogP contribution in [0.1, 0.15) is 35.8 Å². The van der Waals surface area contributed by atoms with Crippen molar-refractivity contribution in [1.82, 2.24) is 14.9 Å². The number of benzene rings is 2. The average molecular weight is 446 g/mol. The molecule has 6 heteroatoms. The van der Waals surface area contributed by atoms with Gasteiger partial charge in [-0.25, -0.2) is 4.98 Å². The minimum atomic E-state index is -0.720. The fourth-order valence-electron chi connectivity index (χ4n) is 5.48. The molecule has 33 heavy (non-hydrogen) atoms. The third-order valence-electron chi connectivity index (χ3n) is 7.07. The van der Waals surface area contributed by atoms with E-state index in [1.807, 2.05) is 36.4 Å². The highest BCUT2D eigenvalue weighted by Crippen LogP contribution is 2.43. The molecule has 0 bridgehead atoms.